The number of nitrogens with zero attached hydrogens (tertiary/aromatic N) is 2. The molecule has 156 valence electrons. The van der Waals surface area contributed by atoms with E-state index in [2.05, 4.69) is 23.0 Å². The summed E-state index contributed by atoms with van der Waals surface area (Å²) in [7, 11) is 0. The zero-order chi connectivity index (χ0) is 20.1. The summed E-state index contributed by atoms with van der Waals surface area (Å²) >= 11 is 7.73. The van der Waals surface area contributed by atoms with Crippen LogP contribution in [0.1, 0.15) is 28.0 Å². The van der Waals surface area contributed by atoms with E-state index in [-0.39, 0.29) is 12.4 Å². The Morgan fingerprint density at radius 3 is 2.76 bits per heavy atom. The number of carboxylic acids is 1. The first kappa shape index (κ1) is 23.4. The molecule has 0 spiro atoms. The number of rotatable bonds is 7. The molecule has 0 radical (unpaired) electrons. The van der Waals surface area contributed by atoms with E-state index >= 15 is 0 Å². The molecule has 2 heterocycles. The van der Waals surface area contributed by atoms with Crippen molar-refractivity contribution in [3.05, 3.63) is 67.9 Å². The van der Waals surface area contributed by atoms with Crippen LogP contribution in [0.15, 0.2) is 46.5 Å². The Labute approximate surface area is 186 Å². The van der Waals surface area contributed by atoms with E-state index in [4.69, 9.17) is 21.5 Å². The zero-order valence-corrected chi connectivity index (χ0v) is 18.7. The lowest BCUT2D eigenvalue weighted by molar-refractivity contribution is -0.133. The van der Waals surface area contributed by atoms with Gasteiger partial charge in [0.15, 0.2) is 0 Å². The summed E-state index contributed by atoms with van der Waals surface area (Å²) in [5, 5.41) is 16.3. The highest BCUT2D eigenvalue weighted by molar-refractivity contribution is 7.12. The van der Waals surface area contributed by atoms with Gasteiger partial charge in [-0.25, -0.2) is 4.79 Å². The number of oxime groups is 1. The molecule has 2 aromatic rings. The van der Waals surface area contributed by atoms with Crippen LogP contribution >= 0.6 is 35.3 Å². The van der Waals surface area contributed by atoms with Crippen molar-refractivity contribution in [2.45, 2.75) is 20.3 Å². The quantitative estimate of drug-likeness (QED) is 0.366. The number of thiophene rings is 1. The summed E-state index contributed by atoms with van der Waals surface area (Å²) in [6.45, 7) is 6.36. The molecule has 1 aliphatic rings. The van der Waals surface area contributed by atoms with Gasteiger partial charge in [-0.3, -0.25) is 4.90 Å². The molecule has 0 saturated carbocycles. The lowest BCUT2D eigenvalue weighted by Gasteiger charge is -2.24. The predicted molar refractivity (Wildman–Crippen MR) is 121 cm³/mol. The van der Waals surface area contributed by atoms with Crippen molar-refractivity contribution in [1.82, 2.24) is 4.90 Å². The van der Waals surface area contributed by atoms with Crippen LogP contribution in [0.5, 0.6) is 0 Å². The minimum absolute atomic E-state index is 0. The van der Waals surface area contributed by atoms with Gasteiger partial charge < -0.3 is 9.94 Å². The Hall–Kier alpha value is -1.86. The molecule has 29 heavy (non-hydrogen) atoms. The molecule has 0 amide bonds. The SMILES string of the molecule is Cc1cc(Cl)ccc1/C(=N\OCCN1CCC=C(C(=O)O)C1)c1sccc1C.Cl. The molecular formula is C21H24Cl2N2O3S. The maximum Gasteiger partial charge on any atom is 0.332 e. The number of carbonyl (C=O) groups is 1. The van der Waals surface area contributed by atoms with Gasteiger partial charge in [0.1, 0.15) is 12.3 Å². The maximum absolute atomic E-state index is 11.1. The van der Waals surface area contributed by atoms with Crippen LogP contribution in [-0.4, -0.2) is 47.9 Å². The minimum Gasteiger partial charge on any atom is -0.478 e. The lowest BCUT2D eigenvalue weighted by atomic mass is 10.0. The second kappa shape index (κ2) is 10.8. The van der Waals surface area contributed by atoms with Gasteiger partial charge in [-0.15, -0.1) is 23.7 Å². The number of halogens is 2. The molecule has 0 unspecified atom stereocenters. The minimum atomic E-state index is -0.850. The van der Waals surface area contributed by atoms with Crippen molar-refractivity contribution >= 4 is 47.0 Å². The predicted octanol–water partition coefficient (Wildman–Crippen LogP) is 4.93. The number of aliphatic carboxylic acids is 1. The summed E-state index contributed by atoms with van der Waals surface area (Å²) in [4.78, 5) is 19.9. The van der Waals surface area contributed by atoms with E-state index < -0.39 is 5.97 Å². The largest absolute Gasteiger partial charge is 0.478 e. The highest BCUT2D eigenvalue weighted by Gasteiger charge is 2.18. The van der Waals surface area contributed by atoms with Gasteiger partial charge in [-0.1, -0.05) is 28.9 Å². The third-order valence-electron chi connectivity index (χ3n) is 4.68. The van der Waals surface area contributed by atoms with E-state index in [1.54, 1.807) is 17.4 Å². The van der Waals surface area contributed by atoms with Crippen LogP contribution in [0.4, 0.5) is 0 Å². The van der Waals surface area contributed by atoms with E-state index in [9.17, 15) is 4.79 Å². The highest BCUT2D eigenvalue weighted by Crippen LogP contribution is 2.24. The fourth-order valence-electron chi connectivity index (χ4n) is 3.15. The van der Waals surface area contributed by atoms with Crippen molar-refractivity contribution in [2.24, 2.45) is 5.16 Å². The van der Waals surface area contributed by atoms with Gasteiger partial charge in [0, 0.05) is 35.8 Å². The van der Waals surface area contributed by atoms with Crippen molar-refractivity contribution in [1.29, 1.82) is 0 Å². The van der Waals surface area contributed by atoms with Crippen LogP contribution in [0.25, 0.3) is 0 Å². The molecule has 0 saturated heterocycles. The molecule has 3 rings (SSSR count). The highest BCUT2D eigenvalue weighted by atomic mass is 35.5. The van der Waals surface area contributed by atoms with Crippen molar-refractivity contribution < 1.29 is 14.7 Å². The first-order valence-electron chi connectivity index (χ1n) is 9.11. The summed E-state index contributed by atoms with van der Waals surface area (Å²) in [6.07, 6.45) is 2.54. The lowest BCUT2D eigenvalue weighted by Crippen LogP contribution is -2.34. The molecule has 0 fully saturated rings. The summed E-state index contributed by atoms with van der Waals surface area (Å²) in [5.74, 6) is -0.850. The first-order chi connectivity index (χ1) is 13.5. The number of aryl methyl sites for hydroxylation is 2. The van der Waals surface area contributed by atoms with Crippen LogP contribution in [0.3, 0.4) is 0 Å². The Morgan fingerprint density at radius 2 is 2.10 bits per heavy atom. The molecular weight excluding hydrogens is 431 g/mol. The number of hydrogen-bond donors (Lipinski definition) is 1. The van der Waals surface area contributed by atoms with Gasteiger partial charge in [-0.05, 0) is 55.0 Å². The van der Waals surface area contributed by atoms with E-state index in [1.807, 2.05) is 30.5 Å². The molecule has 5 nitrogen and oxygen atoms in total. The molecule has 0 aliphatic carbocycles. The van der Waals surface area contributed by atoms with E-state index in [0.717, 1.165) is 40.2 Å². The number of hydrogen-bond acceptors (Lipinski definition) is 5. The third kappa shape index (κ3) is 6.06. The summed E-state index contributed by atoms with van der Waals surface area (Å²) in [6, 6.07) is 7.81. The van der Waals surface area contributed by atoms with Crippen molar-refractivity contribution in [3.63, 3.8) is 0 Å². The second-order valence-corrected chi connectivity index (χ2v) is 8.12. The average molecular weight is 455 g/mol. The van der Waals surface area contributed by atoms with Crippen LogP contribution in [-0.2, 0) is 9.63 Å². The molecule has 0 bridgehead atoms. The van der Waals surface area contributed by atoms with E-state index in [0.29, 0.717) is 30.3 Å². The van der Waals surface area contributed by atoms with Gasteiger partial charge in [-0.2, -0.15) is 0 Å². The number of carboxylic acid groups (broad SMARTS) is 1. The second-order valence-electron chi connectivity index (χ2n) is 6.76. The summed E-state index contributed by atoms with van der Waals surface area (Å²) in [5.41, 5.74) is 4.42. The molecule has 1 N–H and O–H groups in total. The van der Waals surface area contributed by atoms with Crippen molar-refractivity contribution in [2.75, 3.05) is 26.2 Å². The Morgan fingerprint density at radius 1 is 1.31 bits per heavy atom. The topological polar surface area (TPSA) is 62.1 Å². The van der Waals surface area contributed by atoms with Crippen LogP contribution in [0.2, 0.25) is 5.02 Å². The molecule has 1 aromatic carbocycles. The smallest absolute Gasteiger partial charge is 0.332 e. The first-order valence-corrected chi connectivity index (χ1v) is 10.4. The molecule has 1 aliphatic heterocycles. The van der Waals surface area contributed by atoms with Crippen molar-refractivity contribution in [3.8, 4) is 0 Å². The number of benzene rings is 1. The van der Waals surface area contributed by atoms with E-state index in [1.165, 1.54) is 0 Å². The van der Waals surface area contributed by atoms with Gasteiger partial charge in [0.05, 0.1) is 4.88 Å². The molecule has 8 heteroatoms. The third-order valence-corrected chi connectivity index (χ3v) is 5.94. The maximum atomic E-state index is 11.1. The Kier molecular flexibility index (Phi) is 8.71. The Bertz CT molecular complexity index is 924. The monoisotopic (exact) mass is 454 g/mol. The standard InChI is InChI=1S/C21H23ClN2O3S.ClH/c1-14-7-11-28-20(14)19(18-6-5-17(22)12-15(18)2)23-27-10-9-24-8-3-4-16(13-24)21(25)26;/h4-7,11-12H,3,8-10,13H2,1-2H3,(H,25,26);1H/b23-19+;. The normalized spacial score (nSPS) is 14.9. The molecule has 0 atom stereocenters. The average Bonchev–Trinajstić information content (AvgIpc) is 3.08. The fraction of sp³-hybridized carbons (Fsp3) is 0.333. The fourth-order valence-corrected chi connectivity index (χ4v) is 4.30. The molecule has 1 aromatic heterocycles. The summed E-state index contributed by atoms with van der Waals surface area (Å²) < 4.78 is 0. The Balaban J connectivity index is 0.00000300. The van der Waals surface area contributed by atoms with Gasteiger partial charge in [0.25, 0.3) is 0 Å². The van der Waals surface area contributed by atoms with Gasteiger partial charge >= 0.3 is 5.97 Å². The van der Waals surface area contributed by atoms with Crippen LogP contribution < -0.4 is 0 Å². The zero-order valence-electron chi connectivity index (χ0n) is 16.4. The van der Waals surface area contributed by atoms with Crippen LogP contribution in [0, 0.1) is 13.8 Å². The van der Waals surface area contributed by atoms with Gasteiger partial charge in [0.2, 0.25) is 0 Å².